The summed E-state index contributed by atoms with van der Waals surface area (Å²) in [6.07, 6.45) is 5.58. The molecule has 0 fully saturated rings. The molecule has 0 aliphatic heterocycles. The molecule has 4 rings (SSSR count). The van der Waals surface area contributed by atoms with Crippen LogP contribution in [0.4, 0.5) is 5.13 Å². The number of imidazole rings is 1. The fourth-order valence-electron chi connectivity index (χ4n) is 1.99. The third-order valence-corrected chi connectivity index (χ3v) is 4.76. The minimum atomic E-state index is 0.711. The third-order valence-electron chi connectivity index (χ3n) is 2.98. The van der Waals surface area contributed by atoms with Crippen molar-refractivity contribution < 1.29 is 0 Å². The molecule has 4 aromatic heterocycles. The summed E-state index contributed by atoms with van der Waals surface area (Å²) in [6.45, 7) is 0.711. The van der Waals surface area contributed by atoms with Crippen LogP contribution in [0.25, 0.3) is 15.5 Å². The van der Waals surface area contributed by atoms with Crippen LogP contribution in [-0.4, -0.2) is 19.6 Å². The van der Waals surface area contributed by atoms with Gasteiger partial charge in [-0.25, -0.2) is 9.50 Å². The molecule has 0 amide bonds. The average molecular weight is 313 g/mol. The van der Waals surface area contributed by atoms with Crippen LogP contribution < -0.4 is 5.32 Å². The molecule has 0 radical (unpaired) electrons. The van der Waals surface area contributed by atoms with Gasteiger partial charge in [0.1, 0.15) is 5.69 Å². The van der Waals surface area contributed by atoms with Gasteiger partial charge in [-0.2, -0.15) is 0 Å². The van der Waals surface area contributed by atoms with Crippen LogP contribution in [0.15, 0.2) is 48.2 Å². The Bertz CT molecular complexity index is 817. The van der Waals surface area contributed by atoms with Crippen LogP contribution in [0.5, 0.6) is 0 Å². The number of hydrogen-bond donors (Lipinski definition) is 1. The second kappa shape index (κ2) is 5.27. The van der Waals surface area contributed by atoms with Crippen molar-refractivity contribution in [2.45, 2.75) is 6.54 Å². The van der Waals surface area contributed by atoms with E-state index >= 15 is 0 Å². The second-order valence-electron chi connectivity index (χ2n) is 4.45. The number of rotatable bonds is 4. The van der Waals surface area contributed by atoms with E-state index in [4.69, 9.17) is 0 Å². The van der Waals surface area contributed by atoms with Crippen LogP contribution in [0.1, 0.15) is 5.56 Å². The summed E-state index contributed by atoms with van der Waals surface area (Å²) in [5, 5.41) is 10.7. The molecule has 0 saturated carbocycles. The van der Waals surface area contributed by atoms with Crippen molar-refractivity contribution >= 4 is 32.8 Å². The van der Waals surface area contributed by atoms with Crippen LogP contribution >= 0.6 is 22.7 Å². The summed E-state index contributed by atoms with van der Waals surface area (Å²) in [5.41, 5.74) is 2.10. The van der Waals surface area contributed by atoms with E-state index in [0.29, 0.717) is 6.54 Å². The van der Waals surface area contributed by atoms with Gasteiger partial charge >= 0.3 is 0 Å². The number of pyridine rings is 1. The first-order valence-corrected chi connectivity index (χ1v) is 8.11. The SMILES string of the molecule is c1cncc(CNc2nn3cc(-c4cccs4)nc3s2)c1. The van der Waals surface area contributed by atoms with Crippen LogP contribution in [0.2, 0.25) is 0 Å². The van der Waals surface area contributed by atoms with Crippen LogP contribution in [0.3, 0.4) is 0 Å². The lowest BCUT2D eigenvalue weighted by Gasteiger charge is -2.00. The highest BCUT2D eigenvalue weighted by atomic mass is 32.1. The van der Waals surface area contributed by atoms with Gasteiger partial charge in [-0.3, -0.25) is 4.98 Å². The van der Waals surface area contributed by atoms with Gasteiger partial charge in [0, 0.05) is 18.9 Å². The van der Waals surface area contributed by atoms with Crippen molar-refractivity contribution in [1.82, 2.24) is 19.6 Å². The maximum atomic E-state index is 4.61. The summed E-state index contributed by atoms with van der Waals surface area (Å²) in [4.78, 5) is 10.8. The third kappa shape index (κ3) is 2.53. The molecule has 0 bridgehead atoms. The monoisotopic (exact) mass is 313 g/mol. The summed E-state index contributed by atoms with van der Waals surface area (Å²) < 4.78 is 1.82. The molecular weight excluding hydrogens is 302 g/mol. The Morgan fingerprint density at radius 2 is 2.24 bits per heavy atom. The standard InChI is InChI=1S/C14H11N5S2/c1-3-10(7-15-5-1)8-16-13-18-19-9-11(17-14(19)21-13)12-4-2-6-20-12/h1-7,9H,8H2,(H,16,18). The topological polar surface area (TPSA) is 55.1 Å². The smallest absolute Gasteiger partial charge is 0.214 e. The molecule has 7 heteroatoms. The van der Waals surface area contributed by atoms with Gasteiger partial charge in [0.15, 0.2) is 0 Å². The predicted octanol–water partition coefficient (Wildman–Crippen LogP) is 3.53. The van der Waals surface area contributed by atoms with Gasteiger partial charge in [0.25, 0.3) is 0 Å². The first-order chi connectivity index (χ1) is 10.4. The maximum absolute atomic E-state index is 4.61. The molecule has 0 aromatic carbocycles. The highest BCUT2D eigenvalue weighted by Gasteiger charge is 2.10. The predicted molar refractivity (Wildman–Crippen MR) is 85.7 cm³/mol. The molecule has 0 aliphatic rings. The van der Waals surface area contributed by atoms with E-state index in [2.05, 4.69) is 31.8 Å². The summed E-state index contributed by atoms with van der Waals surface area (Å²) in [5.74, 6) is 0. The largest absolute Gasteiger partial charge is 0.356 e. The van der Waals surface area contributed by atoms with E-state index in [1.54, 1.807) is 28.9 Å². The molecular formula is C14H11N5S2. The Balaban J connectivity index is 1.54. The van der Waals surface area contributed by atoms with Crippen LogP contribution in [-0.2, 0) is 6.54 Å². The molecule has 4 aromatic rings. The fraction of sp³-hybridized carbons (Fsp3) is 0.0714. The quantitative estimate of drug-likeness (QED) is 0.626. The van der Waals surface area contributed by atoms with Crippen molar-refractivity contribution in [2.75, 3.05) is 5.32 Å². The zero-order valence-electron chi connectivity index (χ0n) is 10.9. The lowest BCUT2D eigenvalue weighted by atomic mass is 10.3. The first kappa shape index (κ1) is 12.5. The maximum Gasteiger partial charge on any atom is 0.214 e. The minimum absolute atomic E-state index is 0.711. The minimum Gasteiger partial charge on any atom is -0.356 e. The van der Waals surface area contributed by atoms with Crippen molar-refractivity contribution in [3.63, 3.8) is 0 Å². The van der Waals surface area contributed by atoms with E-state index in [-0.39, 0.29) is 0 Å². The Hall–Kier alpha value is -2.25. The lowest BCUT2D eigenvalue weighted by molar-refractivity contribution is 0.961. The van der Waals surface area contributed by atoms with Gasteiger partial charge in [-0.15, -0.1) is 16.4 Å². The Morgan fingerprint density at radius 3 is 3.00 bits per heavy atom. The van der Waals surface area contributed by atoms with E-state index in [9.17, 15) is 0 Å². The molecule has 1 N–H and O–H groups in total. The summed E-state index contributed by atoms with van der Waals surface area (Å²) in [7, 11) is 0. The zero-order valence-corrected chi connectivity index (χ0v) is 12.6. The van der Waals surface area contributed by atoms with Gasteiger partial charge in [-0.1, -0.05) is 23.5 Å². The molecule has 5 nitrogen and oxygen atoms in total. The van der Waals surface area contributed by atoms with Crippen molar-refractivity contribution in [2.24, 2.45) is 0 Å². The van der Waals surface area contributed by atoms with E-state index in [0.717, 1.165) is 26.2 Å². The highest BCUT2D eigenvalue weighted by molar-refractivity contribution is 7.20. The molecule has 104 valence electrons. The van der Waals surface area contributed by atoms with Crippen molar-refractivity contribution in [1.29, 1.82) is 0 Å². The van der Waals surface area contributed by atoms with Gasteiger partial charge in [-0.05, 0) is 23.1 Å². The molecule has 0 atom stereocenters. The lowest BCUT2D eigenvalue weighted by Crippen LogP contribution is -1.99. The van der Waals surface area contributed by atoms with Crippen LogP contribution in [0, 0.1) is 0 Å². The van der Waals surface area contributed by atoms with E-state index in [1.165, 1.54) is 0 Å². The summed E-state index contributed by atoms with van der Waals surface area (Å²) >= 11 is 3.23. The number of fused-ring (bicyclic) bond motifs is 1. The first-order valence-electron chi connectivity index (χ1n) is 6.41. The number of aromatic nitrogens is 4. The molecule has 0 saturated heterocycles. The number of hydrogen-bond acceptors (Lipinski definition) is 6. The Morgan fingerprint density at radius 1 is 1.24 bits per heavy atom. The number of nitrogens with zero attached hydrogens (tertiary/aromatic N) is 4. The number of nitrogens with one attached hydrogen (secondary N) is 1. The van der Waals surface area contributed by atoms with Gasteiger partial charge < -0.3 is 5.32 Å². The van der Waals surface area contributed by atoms with E-state index < -0.39 is 0 Å². The molecule has 0 unspecified atom stereocenters. The molecule has 0 spiro atoms. The molecule has 4 heterocycles. The normalized spacial score (nSPS) is 11.0. The highest BCUT2D eigenvalue weighted by Crippen LogP contribution is 2.27. The number of thiophene rings is 1. The fourth-order valence-corrected chi connectivity index (χ4v) is 3.45. The Labute approximate surface area is 128 Å². The van der Waals surface area contributed by atoms with Gasteiger partial charge in [0.2, 0.25) is 10.1 Å². The van der Waals surface area contributed by atoms with E-state index in [1.807, 2.05) is 35.1 Å². The second-order valence-corrected chi connectivity index (χ2v) is 6.36. The zero-order chi connectivity index (χ0) is 14.1. The molecule has 0 aliphatic carbocycles. The average Bonchev–Trinajstić information content (AvgIpc) is 3.21. The summed E-state index contributed by atoms with van der Waals surface area (Å²) in [6, 6.07) is 8.06. The van der Waals surface area contributed by atoms with Gasteiger partial charge in [0.05, 0.1) is 11.1 Å². The Kier molecular flexibility index (Phi) is 3.13. The van der Waals surface area contributed by atoms with Crippen molar-refractivity contribution in [3.8, 4) is 10.6 Å². The molecule has 21 heavy (non-hydrogen) atoms. The number of anilines is 1. The van der Waals surface area contributed by atoms with Crippen molar-refractivity contribution in [3.05, 3.63) is 53.8 Å².